The highest BCUT2D eigenvalue weighted by atomic mass is 14.9. The predicted octanol–water partition coefficient (Wildman–Crippen LogP) is 1.44. The standard InChI is InChI=1S/C15H34N4/c1-14(2)15(3)19-13-7-12-18-10-5-4-9-17-11-6-8-16/h14,17-19H,3-13,16H2,1-2H3. The first-order chi connectivity index (χ1) is 9.18. The average Bonchev–Trinajstić information content (AvgIpc) is 2.39. The summed E-state index contributed by atoms with van der Waals surface area (Å²) in [5.41, 5.74) is 6.57. The summed E-state index contributed by atoms with van der Waals surface area (Å²) in [5.74, 6) is 0.528. The number of unbranched alkanes of at least 4 members (excludes halogenated alkanes) is 1. The lowest BCUT2D eigenvalue weighted by Gasteiger charge is -2.12. The largest absolute Gasteiger partial charge is 0.389 e. The third kappa shape index (κ3) is 13.6. The molecule has 0 saturated carbocycles. The topological polar surface area (TPSA) is 62.1 Å². The van der Waals surface area contributed by atoms with Gasteiger partial charge in [0, 0.05) is 12.2 Å². The minimum Gasteiger partial charge on any atom is -0.389 e. The first-order valence-electron chi connectivity index (χ1n) is 7.72. The summed E-state index contributed by atoms with van der Waals surface area (Å²) in [5, 5.41) is 10.2. The van der Waals surface area contributed by atoms with Gasteiger partial charge in [-0.2, -0.15) is 0 Å². The van der Waals surface area contributed by atoms with Gasteiger partial charge in [0.05, 0.1) is 0 Å². The van der Waals surface area contributed by atoms with Gasteiger partial charge in [-0.1, -0.05) is 20.4 Å². The SMILES string of the molecule is C=C(NCCCNCCCCNCCCN)C(C)C. The predicted molar refractivity (Wildman–Crippen MR) is 85.2 cm³/mol. The van der Waals surface area contributed by atoms with Crippen LogP contribution in [-0.4, -0.2) is 39.3 Å². The van der Waals surface area contributed by atoms with E-state index in [4.69, 9.17) is 5.73 Å². The summed E-state index contributed by atoms with van der Waals surface area (Å²) in [6.45, 7) is 14.5. The monoisotopic (exact) mass is 270 g/mol. The lowest BCUT2D eigenvalue weighted by Crippen LogP contribution is -2.24. The van der Waals surface area contributed by atoms with Crippen molar-refractivity contribution >= 4 is 0 Å². The third-order valence-electron chi connectivity index (χ3n) is 3.09. The molecule has 0 aromatic heterocycles. The number of nitrogens with one attached hydrogen (secondary N) is 3. The van der Waals surface area contributed by atoms with Gasteiger partial charge in [-0.15, -0.1) is 0 Å². The van der Waals surface area contributed by atoms with Crippen molar-refractivity contribution in [3.05, 3.63) is 12.3 Å². The van der Waals surface area contributed by atoms with Crippen LogP contribution >= 0.6 is 0 Å². The molecule has 4 nitrogen and oxygen atoms in total. The van der Waals surface area contributed by atoms with Crippen molar-refractivity contribution in [2.24, 2.45) is 11.7 Å². The summed E-state index contributed by atoms with van der Waals surface area (Å²) in [6.07, 6.45) is 4.70. The van der Waals surface area contributed by atoms with E-state index in [1.54, 1.807) is 0 Å². The molecule has 0 aromatic rings. The molecular weight excluding hydrogens is 236 g/mol. The van der Waals surface area contributed by atoms with E-state index in [0.717, 1.165) is 57.8 Å². The lowest BCUT2D eigenvalue weighted by molar-refractivity contribution is 0.558. The van der Waals surface area contributed by atoms with Crippen molar-refractivity contribution in [1.82, 2.24) is 16.0 Å². The van der Waals surface area contributed by atoms with Gasteiger partial charge >= 0.3 is 0 Å². The molecule has 5 N–H and O–H groups in total. The van der Waals surface area contributed by atoms with Crippen molar-refractivity contribution in [3.8, 4) is 0 Å². The molecule has 0 unspecified atom stereocenters. The second-order valence-electron chi connectivity index (χ2n) is 5.31. The van der Waals surface area contributed by atoms with Crippen LogP contribution in [0.5, 0.6) is 0 Å². The van der Waals surface area contributed by atoms with Gasteiger partial charge < -0.3 is 21.7 Å². The second-order valence-corrected chi connectivity index (χ2v) is 5.31. The Hall–Kier alpha value is -0.580. The number of nitrogens with two attached hydrogens (primary N) is 1. The molecule has 0 aliphatic heterocycles. The Morgan fingerprint density at radius 1 is 0.895 bits per heavy atom. The van der Waals surface area contributed by atoms with E-state index < -0.39 is 0 Å². The zero-order valence-corrected chi connectivity index (χ0v) is 12.9. The van der Waals surface area contributed by atoms with Crippen molar-refractivity contribution in [3.63, 3.8) is 0 Å². The summed E-state index contributed by atoms with van der Waals surface area (Å²) < 4.78 is 0. The smallest absolute Gasteiger partial charge is 0.0155 e. The van der Waals surface area contributed by atoms with Crippen LogP contribution in [0.2, 0.25) is 0 Å². The Morgan fingerprint density at radius 3 is 1.95 bits per heavy atom. The summed E-state index contributed by atoms with van der Waals surface area (Å²) in [6, 6.07) is 0. The van der Waals surface area contributed by atoms with Crippen LogP contribution in [0.4, 0.5) is 0 Å². The van der Waals surface area contributed by atoms with E-state index in [0.29, 0.717) is 5.92 Å². The maximum absolute atomic E-state index is 5.42. The third-order valence-corrected chi connectivity index (χ3v) is 3.09. The first-order valence-corrected chi connectivity index (χ1v) is 7.72. The Balaban J connectivity index is 3.05. The van der Waals surface area contributed by atoms with Crippen LogP contribution in [0.3, 0.4) is 0 Å². The fourth-order valence-electron chi connectivity index (χ4n) is 1.64. The quantitative estimate of drug-likeness (QED) is 0.361. The molecule has 19 heavy (non-hydrogen) atoms. The number of rotatable bonds is 14. The molecule has 0 saturated heterocycles. The molecule has 0 aliphatic carbocycles. The Kier molecular flexibility index (Phi) is 13.4. The van der Waals surface area contributed by atoms with Gasteiger partial charge in [0.15, 0.2) is 0 Å². The van der Waals surface area contributed by atoms with Gasteiger partial charge in [-0.3, -0.25) is 0 Å². The first kappa shape index (κ1) is 18.4. The Morgan fingerprint density at radius 2 is 1.42 bits per heavy atom. The minimum atomic E-state index is 0.528. The number of allylic oxidation sites excluding steroid dienone is 1. The van der Waals surface area contributed by atoms with Crippen molar-refractivity contribution in [1.29, 1.82) is 0 Å². The molecule has 0 spiro atoms. The van der Waals surface area contributed by atoms with Gasteiger partial charge in [0.2, 0.25) is 0 Å². The van der Waals surface area contributed by atoms with Crippen LogP contribution < -0.4 is 21.7 Å². The molecule has 0 radical (unpaired) electrons. The van der Waals surface area contributed by atoms with Gasteiger partial charge in [-0.05, 0) is 64.3 Å². The zero-order valence-electron chi connectivity index (χ0n) is 12.9. The maximum atomic E-state index is 5.42. The molecule has 0 heterocycles. The molecule has 0 rings (SSSR count). The molecule has 0 atom stereocenters. The molecule has 0 amide bonds. The van der Waals surface area contributed by atoms with Crippen LogP contribution in [-0.2, 0) is 0 Å². The summed E-state index contributed by atoms with van der Waals surface area (Å²) >= 11 is 0. The second kappa shape index (κ2) is 13.8. The highest BCUT2D eigenvalue weighted by molar-refractivity contribution is 4.93. The van der Waals surface area contributed by atoms with Crippen LogP contribution in [0.1, 0.15) is 39.5 Å². The minimum absolute atomic E-state index is 0.528. The Labute approximate surface area is 119 Å². The highest BCUT2D eigenvalue weighted by Crippen LogP contribution is 2.01. The highest BCUT2D eigenvalue weighted by Gasteiger charge is 1.97. The molecule has 114 valence electrons. The fraction of sp³-hybridized carbons (Fsp3) is 0.867. The van der Waals surface area contributed by atoms with E-state index in [2.05, 4.69) is 36.4 Å². The zero-order chi connectivity index (χ0) is 14.3. The molecule has 0 bridgehead atoms. The number of hydrogen-bond acceptors (Lipinski definition) is 4. The van der Waals surface area contributed by atoms with Gasteiger partial charge in [0.25, 0.3) is 0 Å². The number of hydrogen-bond donors (Lipinski definition) is 4. The van der Waals surface area contributed by atoms with Crippen LogP contribution in [0, 0.1) is 5.92 Å². The molecule has 0 aliphatic rings. The van der Waals surface area contributed by atoms with Crippen molar-refractivity contribution in [2.75, 3.05) is 39.3 Å². The molecule has 0 aromatic carbocycles. The van der Waals surface area contributed by atoms with Gasteiger partial charge in [0.1, 0.15) is 0 Å². The van der Waals surface area contributed by atoms with E-state index in [9.17, 15) is 0 Å². The fourth-order valence-corrected chi connectivity index (χ4v) is 1.64. The van der Waals surface area contributed by atoms with E-state index in [1.165, 1.54) is 12.8 Å². The Bertz CT molecular complexity index is 204. The molecular formula is C15H34N4. The van der Waals surface area contributed by atoms with E-state index in [-0.39, 0.29) is 0 Å². The molecule has 0 fully saturated rings. The van der Waals surface area contributed by atoms with Crippen LogP contribution in [0.25, 0.3) is 0 Å². The van der Waals surface area contributed by atoms with Crippen LogP contribution in [0.15, 0.2) is 12.3 Å². The van der Waals surface area contributed by atoms with E-state index in [1.807, 2.05) is 0 Å². The average molecular weight is 270 g/mol. The molecule has 4 heteroatoms. The lowest BCUT2D eigenvalue weighted by atomic mass is 10.1. The van der Waals surface area contributed by atoms with Crippen molar-refractivity contribution in [2.45, 2.75) is 39.5 Å². The van der Waals surface area contributed by atoms with Crippen molar-refractivity contribution < 1.29 is 0 Å². The maximum Gasteiger partial charge on any atom is 0.0155 e. The normalized spacial score (nSPS) is 10.9. The summed E-state index contributed by atoms with van der Waals surface area (Å²) in [4.78, 5) is 0. The van der Waals surface area contributed by atoms with E-state index >= 15 is 0 Å². The summed E-state index contributed by atoms with van der Waals surface area (Å²) in [7, 11) is 0. The van der Waals surface area contributed by atoms with Gasteiger partial charge in [-0.25, -0.2) is 0 Å².